The molecule has 19 heteroatoms. The Morgan fingerprint density at radius 1 is 0.384 bits per heavy atom. The maximum absolute atomic E-state index is 14.0. The Labute approximate surface area is 509 Å². The molecule has 0 N–H and O–H groups in total. The van der Waals surface area contributed by atoms with Crippen LogP contribution in [0.3, 0.4) is 0 Å². The van der Waals surface area contributed by atoms with Crippen molar-refractivity contribution in [1.82, 2.24) is 0 Å². The van der Waals surface area contributed by atoms with Gasteiger partial charge < -0.3 is 46.1 Å². The second-order valence-electron chi connectivity index (χ2n) is 22.4. The fraction of sp³-hybridized carbons (Fsp3) is 0.343. The summed E-state index contributed by atoms with van der Waals surface area (Å²) in [5.74, 6) is -4.56. The molecule has 0 aliphatic rings. The van der Waals surface area contributed by atoms with E-state index in [0.29, 0.717) is 12.5 Å². The first-order valence-corrected chi connectivity index (χ1v) is 37.9. The second-order valence-corrected chi connectivity index (χ2v) is 35.1. The van der Waals surface area contributed by atoms with E-state index in [4.69, 9.17) is 46.1 Å². The van der Waals surface area contributed by atoms with Crippen molar-refractivity contribution in [3.63, 3.8) is 0 Å². The molecule has 0 aromatic heterocycles. The first-order valence-electron chi connectivity index (χ1n) is 28.6. The lowest BCUT2D eigenvalue weighted by molar-refractivity contribution is -0.187. The second kappa shape index (κ2) is 35.1. The monoisotopic (exact) mass is 1230 g/mol. The molecular weight excluding hydrogens is 1140 g/mol. The minimum atomic E-state index is -2.36. The number of benzene rings is 6. The van der Waals surface area contributed by atoms with Gasteiger partial charge in [-0.2, -0.15) is 0 Å². The van der Waals surface area contributed by atoms with Gasteiger partial charge in [0.05, 0.1) is 32.3 Å². The number of esters is 6. The van der Waals surface area contributed by atoms with Crippen LogP contribution in [0, 0.1) is 0 Å². The average molecular weight is 1230 g/mol. The lowest BCUT2D eigenvalue weighted by Gasteiger charge is -2.37. The lowest BCUT2D eigenvalue weighted by Crippen LogP contribution is -2.51. The zero-order valence-electron chi connectivity index (χ0n) is 50.5. The quantitative estimate of drug-likeness (QED) is 0.0122. The SMILES string of the molecule is C=CCOC(CC(=O)OCc1ccccc1)(CC(=O)OCc1ccccc1)C(=O)OCc1ccccc1.C[Si](C)(C)O[Si](C)(C)O[Si](C)(C)CCCOC(CC(=O)OCc1ccccc1)(CC(=O)OCc1ccccc1)C(=O)OCc1ccccc1. The first kappa shape index (κ1) is 69.1. The van der Waals surface area contributed by atoms with Crippen molar-refractivity contribution in [3.05, 3.63) is 228 Å². The molecule has 86 heavy (non-hydrogen) atoms. The summed E-state index contributed by atoms with van der Waals surface area (Å²) in [7, 11) is -6.36. The predicted octanol–water partition coefficient (Wildman–Crippen LogP) is 12.9. The summed E-state index contributed by atoms with van der Waals surface area (Å²) in [5, 5.41) is 0. The van der Waals surface area contributed by atoms with Crippen LogP contribution >= 0.6 is 0 Å². The molecule has 0 saturated heterocycles. The van der Waals surface area contributed by atoms with E-state index in [1.54, 1.807) is 12.1 Å². The van der Waals surface area contributed by atoms with Crippen molar-refractivity contribution in [2.75, 3.05) is 13.2 Å². The van der Waals surface area contributed by atoms with Crippen LogP contribution in [-0.4, -0.2) is 85.4 Å². The van der Waals surface area contributed by atoms with E-state index in [1.165, 1.54) is 6.08 Å². The first-order chi connectivity index (χ1) is 41.1. The van der Waals surface area contributed by atoms with Gasteiger partial charge in [0.1, 0.15) is 39.6 Å². The molecule has 16 nitrogen and oxygen atoms in total. The largest absolute Gasteiger partial charge is 0.461 e. The molecule has 0 unspecified atom stereocenters. The molecule has 0 aliphatic carbocycles. The van der Waals surface area contributed by atoms with E-state index in [2.05, 4.69) is 52.4 Å². The van der Waals surface area contributed by atoms with E-state index >= 15 is 0 Å². The summed E-state index contributed by atoms with van der Waals surface area (Å²) in [4.78, 5) is 79.7. The normalized spacial score (nSPS) is 11.7. The zero-order valence-corrected chi connectivity index (χ0v) is 53.5. The standard InChI is InChI=1S/C37H52O9Si3.C30H30O7/c1-47(2,3)45-49(6,7)46-48(4,5)25-17-24-44-37(36(40)43-30-33-22-15-10-16-23-33,26-34(38)41-28-31-18-11-8-12-19-31)27-35(39)42-29-32-20-13-9-14-21-32;1-2-18-37-30(29(33)36-23-26-16-10-5-11-17-26,19-27(31)34-21-24-12-6-3-7-13-24)20-28(32)35-22-25-14-8-4-9-15-25/h8-16,18-23H,17,24-30H2,1-7H3;2-17H,1,18-23H2. The van der Waals surface area contributed by atoms with Crippen LogP contribution in [0.2, 0.25) is 51.9 Å². The maximum Gasteiger partial charge on any atom is 0.339 e. The molecule has 0 bridgehead atoms. The Morgan fingerprint density at radius 2 is 0.651 bits per heavy atom. The highest BCUT2D eigenvalue weighted by molar-refractivity contribution is 6.87. The molecule has 458 valence electrons. The number of hydrogen-bond donors (Lipinski definition) is 0. The summed E-state index contributed by atoms with van der Waals surface area (Å²) in [6, 6.07) is 55.6. The van der Waals surface area contributed by atoms with E-state index in [9.17, 15) is 28.8 Å². The van der Waals surface area contributed by atoms with Gasteiger partial charge in [-0.15, -0.1) is 6.58 Å². The number of ether oxygens (including phenoxy) is 8. The van der Waals surface area contributed by atoms with Crippen LogP contribution in [0.25, 0.3) is 0 Å². The average Bonchev–Trinajstić information content (AvgIpc) is 2.88. The van der Waals surface area contributed by atoms with Crippen molar-refractivity contribution >= 4 is 61.0 Å². The van der Waals surface area contributed by atoms with Crippen LogP contribution in [0.1, 0.15) is 65.5 Å². The summed E-state index contributed by atoms with van der Waals surface area (Å²) in [6.45, 7) is 18.4. The van der Waals surface area contributed by atoms with Crippen LogP contribution in [0.5, 0.6) is 0 Å². The molecule has 6 aromatic rings. The van der Waals surface area contributed by atoms with Crippen molar-refractivity contribution in [2.24, 2.45) is 0 Å². The fourth-order valence-corrected chi connectivity index (χ4v) is 22.2. The molecule has 0 radical (unpaired) electrons. The van der Waals surface area contributed by atoms with Crippen molar-refractivity contribution < 1.29 is 74.9 Å². The smallest absolute Gasteiger partial charge is 0.339 e. The van der Waals surface area contributed by atoms with Gasteiger partial charge in [-0.1, -0.05) is 188 Å². The Bertz CT molecular complexity index is 2900. The van der Waals surface area contributed by atoms with Crippen LogP contribution in [0.4, 0.5) is 0 Å². The molecule has 0 heterocycles. The van der Waals surface area contributed by atoms with Crippen molar-refractivity contribution in [1.29, 1.82) is 0 Å². The molecule has 0 atom stereocenters. The minimum Gasteiger partial charge on any atom is -0.461 e. The van der Waals surface area contributed by atoms with Gasteiger partial charge in [0, 0.05) is 6.61 Å². The molecule has 6 aromatic carbocycles. The Morgan fingerprint density at radius 3 is 0.919 bits per heavy atom. The molecule has 0 fully saturated rings. The fourth-order valence-electron chi connectivity index (χ4n) is 8.99. The highest BCUT2D eigenvalue weighted by Crippen LogP contribution is 2.30. The predicted molar refractivity (Wildman–Crippen MR) is 333 cm³/mol. The topological polar surface area (TPSA) is 195 Å². The molecule has 0 saturated carbocycles. The van der Waals surface area contributed by atoms with Crippen LogP contribution in [0.15, 0.2) is 195 Å². The number of hydrogen-bond acceptors (Lipinski definition) is 16. The van der Waals surface area contributed by atoms with Gasteiger partial charge in [0.2, 0.25) is 0 Å². The summed E-state index contributed by atoms with van der Waals surface area (Å²) >= 11 is 0. The Kier molecular flexibility index (Phi) is 28.2. The number of rotatable bonds is 34. The van der Waals surface area contributed by atoms with Gasteiger partial charge in [-0.05, 0) is 91.7 Å². The van der Waals surface area contributed by atoms with Gasteiger partial charge in [0.15, 0.2) is 27.8 Å². The van der Waals surface area contributed by atoms with Gasteiger partial charge in [0.25, 0.3) is 0 Å². The molecule has 0 amide bonds. The third-order valence-corrected chi connectivity index (χ3v) is 22.9. The Hall–Kier alpha value is -7.63. The lowest BCUT2D eigenvalue weighted by atomic mass is 9.94. The summed E-state index contributed by atoms with van der Waals surface area (Å²) in [6.07, 6.45) is -0.194. The summed E-state index contributed by atoms with van der Waals surface area (Å²) in [5.41, 5.74) is 0.695. The van der Waals surface area contributed by atoms with Crippen molar-refractivity contribution in [2.45, 2.75) is 135 Å². The molecule has 0 spiro atoms. The van der Waals surface area contributed by atoms with E-state index in [-0.39, 0.29) is 52.9 Å². The zero-order chi connectivity index (χ0) is 62.3. The van der Waals surface area contributed by atoms with Gasteiger partial charge >= 0.3 is 44.4 Å². The van der Waals surface area contributed by atoms with Crippen molar-refractivity contribution in [3.8, 4) is 0 Å². The number of carbonyl (C=O) groups excluding carboxylic acids is 6. The van der Waals surface area contributed by atoms with E-state index in [0.717, 1.165) is 33.4 Å². The third kappa shape index (κ3) is 26.3. The van der Waals surface area contributed by atoms with Gasteiger partial charge in [-0.3, -0.25) is 19.2 Å². The van der Waals surface area contributed by atoms with E-state index in [1.807, 2.05) is 170 Å². The highest BCUT2D eigenvalue weighted by atomic mass is 28.5. The Balaban J connectivity index is 0.000000326. The van der Waals surface area contributed by atoms with Crippen LogP contribution in [-0.2, 0) is 115 Å². The van der Waals surface area contributed by atoms with E-state index < -0.39 is 97.9 Å². The third-order valence-electron chi connectivity index (χ3n) is 12.7. The molecule has 0 aliphatic heterocycles. The maximum atomic E-state index is 14.0. The molecular formula is C67H82O16Si3. The minimum absolute atomic E-state index is 0.00354. The van der Waals surface area contributed by atoms with Gasteiger partial charge in [-0.25, -0.2) is 9.59 Å². The van der Waals surface area contributed by atoms with Crippen LogP contribution < -0.4 is 0 Å². The highest BCUT2D eigenvalue weighted by Gasteiger charge is 2.48. The molecule has 6 rings (SSSR count). The summed E-state index contributed by atoms with van der Waals surface area (Å²) < 4.78 is 58.3. The number of carbonyl (C=O) groups is 6.